The number of rotatable bonds is 1. The molecule has 0 fully saturated rings. The zero-order chi connectivity index (χ0) is 6.81. The minimum Gasteiger partial charge on any atom is -0.464 e. The van der Waals surface area contributed by atoms with Crippen LogP contribution in [0.2, 0.25) is 0 Å². The molecule has 10 heavy (non-hydrogen) atoms. The molecule has 1 aromatic rings. The summed E-state index contributed by atoms with van der Waals surface area (Å²) in [6.45, 7) is 0. The Morgan fingerprint density at radius 3 is 3.10 bits per heavy atom. The van der Waals surface area contributed by atoms with E-state index in [9.17, 15) is 0 Å². The molecule has 0 N–H and O–H groups in total. The Kier molecular flexibility index (Phi) is 1.21. The van der Waals surface area contributed by atoms with E-state index in [1.165, 1.54) is 0 Å². The minimum atomic E-state index is 0.911. The van der Waals surface area contributed by atoms with Gasteiger partial charge in [-0.05, 0) is 24.6 Å². The second-order valence-corrected chi connectivity index (χ2v) is 2.17. The normalized spacial score (nSPS) is 15.8. The van der Waals surface area contributed by atoms with Crippen molar-refractivity contribution in [3.8, 4) is 0 Å². The Bertz CT molecular complexity index is 265. The maximum absolute atomic E-state index is 5.17. The van der Waals surface area contributed by atoms with Gasteiger partial charge in [0.2, 0.25) is 0 Å². The summed E-state index contributed by atoms with van der Waals surface area (Å²) in [5.74, 6) is 0.911. The van der Waals surface area contributed by atoms with Crippen molar-refractivity contribution in [2.24, 2.45) is 0 Å². The molecule has 1 nitrogen and oxygen atoms in total. The van der Waals surface area contributed by atoms with Gasteiger partial charge in [0, 0.05) is 5.57 Å². The van der Waals surface area contributed by atoms with Crippen LogP contribution in [0.1, 0.15) is 12.2 Å². The van der Waals surface area contributed by atoms with Crippen molar-refractivity contribution in [3.05, 3.63) is 42.4 Å². The van der Waals surface area contributed by atoms with Gasteiger partial charge in [0.05, 0.1) is 6.26 Å². The van der Waals surface area contributed by atoms with Crippen molar-refractivity contribution in [2.75, 3.05) is 0 Å². The monoisotopic (exact) mass is 131 g/mol. The standard InChI is InChI=1S/C9H7O/c1-2-5-8(4-1)9-6-3-7-10-9/h1,3-4,6-7H,2H2. The molecule has 2 rings (SSSR count). The van der Waals surface area contributed by atoms with Crippen LogP contribution in [0.15, 0.2) is 35.0 Å². The first-order valence-electron chi connectivity index (χ1n) is 3.28. The van der Waals surface area contributed by atoms with Gasteiger partial charge in [-0.25, -0.2) is 0 Å². The predicted octanol–water partition coefficient (Wildman–Crippen LogP) is 2.43. The fourth-order valence-electron chi connectivity index (χ4n) is 1.01. The van der Waals surface area contributed by atoms with Gasteiger partial charge < -0.3 is 4.42 Å². The quantitative estimate of drug-likeness (QED) is 0.570. The van der Waals surface area contributed by atoms with Gasteiger partial charge in [-0.3, -0.25) is 0 Å². The van der Waals surface area contributed by atoms with E-state index in [2.05, 4.69) is 12.2 Å². The van der Waals surface area contributed by atoms with Crippen molar-refractivity contribution in [3.63, 3.8) is 0 Å². The average molecular weight is 131 g/mol. The highest BCUT2D eigenvalue weighted by molar-refractivity contribution is 5.70. The van der Waals surface area contributed by atoms with Crippen molar-refractivity contribution < 1.29 is 4.42 Å². The molecule has 1 heteroatoms. The fourth-order valence-corrected chi connectivity index (χ4v) is 1.01. The summed E-state index contributed by atoms with van der Waals surface area (Å²) in [7, 11) is 0. The SMILES string of the molecule is [C]1=C(c2ccco2)C=CC1. The fraction of sp³-hybridized carbons (Fsp3) is 0.111. The van der Waals surface area contributed by atoms with Crippen LogP contribution in [0.4, 0.5) is 0 Å². The largest absolute Gasteiger partial charge is 0.464 e. The lowest BCUT2D eigenvalue weighted by atomic mass is 10.2. The highest BCUT2D eigenvalue weighted by atomic mass is 16.3. The highest BCUT2D eigenvalue weighted by Gasteiger charge is 2.02. The number of hydrogen-bond donors (Lipinski definition) is 0. The third-order valence-corrected chi connectivity index (χ3v) is 1.48. The summed E-state index contributed by atoms with van der Waals surface area (Å²) in [5.41, 5.74) is 1.07. The Hall–Kier alpha value is -1.24. The predicted molar refractivity (Wildman–Crippen MR) is 39.1 cm³/mol. The van der Waals surface area contributed by atoms with E-state index < -0.39 is 0 Å². The van der Waals surface area contributed by atoms with E-state index in [1.807, 2.05) is 18.2 Å². The molecule has 0 aliphatic heterocycles. The summed E-state index contributed by atoms with van der Waals surface area (Å²) in [5, 5.41) is 0. The second kappa shape index (κ2) is 2.18. The molecule has 1 aliphatic rings. The Balaban J connectivity index is 2.36. The van der Waals surface area contributed by atoms with Crippen molar-refractivity contribution in [1.29, 1.82) is 0 Å². The van der Waals surface area contributed by atoms with Crippen LogP contribution in [-0.2, 0) is 0 Å². The molecule has 1 heterocycles. The van der Waals surface area contributed by atoms with Crippen LogP contribution in [-0.4, -0.2) is 0 Å². The first kappa shape index (κ1) is 5.54. The lowest BCUT2D eigenvalue weighted by Crippen LogP contribution is -1.69. The zero-order valence-electron chi connectivity index (χ0n) is 5.50. The van der Waals surface area contributed by atoms with Gasteiger partial charge in [-0.1, -0.05) is 12.2 Å². The first-order chi connectivity index (χ1) is 4.97. The number of allylic oxidation sites excluding steroid dienone is 4. The van der Waals surface area contributed by atoms with Crippen LogP contribution in [0, 0.1) is 6.08 Å². The van der Waals surface area contributed by atoms with Crippen LogP contribution >= 0.6 is 0 Å². The topological polar surface area (TPSA) is 13.1 Å². The van der Waals surface area contributed by atoms with Crippen LogP contribution in [0.3, 0.4) is 0 Å². The molecule has 0 amide bonds. The van der Waals surface area contributed by atoms with E-state index in [4.69, 9.17) is 4.42 Å². The van der Waals surface area contributed by atoms with Gasteiger partial charge in [-0.15, -0.1) is 0 Å². The molecule has 49 valence electrons. The molecule has 1 aromatic heterocycles. The lowest BCUT2D eigenvalue weighted by Gasteiger charge is -1.88. The van der Waals surface area contributed by atoms with Crippen LogP contribution in [0.5, 0.6) is 0 Å². The van der Waals surface area contributed by atoms with Crippen molar-refractivity contribution in [1.82, 2.24) is 0 Å². The summed E-state index contributed by atoms with van der Waals surface area (Å²) in [4.78, 5) is 0. The molecule has 1 radical (unpaired) electrons. The van der Waals surface area contributed by atoms with Crippen LogP contribution < -0.4 is 0 Å². The van der Waals surface area contributed by atoms with E-state index >= 15 is 0 Å². The van der Waals surface area contributed by atoms with Crippen molar-refractivity contribution >= 4 is 5.57 Å². The molecule has 0 aromatic carbocycles. The second-order valence-electron chi connectivity index (χ2n) is 2.17. The molecule has 0 saturated heterocycles. The minimum absolute atomic E-state index is 0.911. The van der Waals surface area contributed by atoms with Gasteiger partial charge >= 0.3 is 0 Å². The Morgan fingerprint density at radius 1 is 1.50 bits per heavy atom. The lowest BCUT2D eigenvalue weighted by molar-refractivity contribution is 0.554. The molecule has 0 atom stereocenters. The van der Waals surface area contributed by atoms with Gasteiger partial charge in [0.25, 0.3) is 0 Å². The third-order valence-electron chi connectivity index (χ3n) is 1.48. The van der Waals surface area contributed by atoms with Gasteiger partial charge in [0.1, 0.15) is 5.76 Å². The maximum Gasteiger partial charge on any atom is 0.134 e. The molecule has 0 saturated carbocycles. The summed E-state index contributed by atoms with van der Waals surface area (Å²) in [6.07, 6.45) is 9.85. The smallest absolute Gasteiger partial charge is 0.134 e. The molecule has 0 spiro atoms. The van der Waals surface area contributed by atoms with Gasteiger partial charge in [-0.2, -0.15) is 0 Å². The molecule has 1 aliphatic carbocycles. The summed E-state index contributed by atoms with van der Waals surface area (Å²) >= 11 is 0. The third kappa shape index (κ3) is 0.798. The zero-order valence-corrected chi connectivity index (χ0v) is 5.50. The highest BCUT2D eigenvalue weighted by Crippen LogP contribution is 2.20. The van der Waals surface area contributed by atoms with E-state index in [1.54, 1.807) is 6.26 Å². The molecular formula is C9H7O. The average Bonchev–Trinajstić information content (AvgIpc) is 2.59. The first-order valence-corrected chi connectivity index (χ1v) is 3.28. The maximum atomic E-state index is 5.17. The molecule has 0 bridgehead atoms. The van der Waals surface area contributed by atoms with E-state index in [-0.39, 0.29) is 0 Å². The summed E-state index contributed by atoms with van der Waals surface area (Å²) in [6, 6.07) is 3.83. The Morgan fingerprint density at radius 2 is 2.50 bits per heavy atom. The Labute approximate surface area is 59.7 Å². The number of hydrogen-bond acceptors (Lipinski definition) is 1. The van der Waals surface area contributed by atoms with Crippen LogP contribution in [0.25, 0.3) is 5.57 Å². The van der Waals surface area contributed by atoms with Gasteiger partial charge in [0.15, 0.2) is 0 Å². The number of furan rings is 1. The van der Waals surface area contributed by atoms with E-state index in [0.717, 1.165) is 17.8 Å². The van der Waals surface area contributed by atoms with Crippen molar-refractivity contribution in [2.45, 2.75) is 6.42 Å². The molecule has 0 unspecified atom stereocenters. The summed E-state index contributed by atoms with van der Waals surface area (Å²) < 4.78 is 5.17. The van der Waals surface area contributed by atoms with E-state index in [0.29, 0.717) is 0 Å². The molecular weight excluding hydrogens is 124 g/mol.